The molecule has 4 heteroatoms. The van der Waals surface area contributed by atoms with Crippen LogP contribution in [0.4, 0.5) is 0 Å². The maximum absolute atomic E-state index is 12.4. The van der Waals surface area contributed by atoms with E-state index in [1.165, 1.54) is 11.1 Å². The normalized spacial score (nSPS) is 19.0. The Hall–Kier alpha value is -1.26. The van der Waals surface area contributed by atoms with Crippen molar-refractivity contribution in [2.75, 3.05) is 18.8 Å². The average molecular weight is 332 g/mol. The van der Waals surface area contributed by atoms with E-state index in [9.17, 15) is 4.79 Å². The molecule has 0 N–H and O–H groups in total. The number of thioether (sulfide) groups is 1. The second-order valence-electron chi connectivity index (χ2n) is 5.69. The van der Waals surface area contributed by atoms with Crippen LogP contribution in [-0.2, 0) is 11.2 Å². The topological polar surface area (TPSA) is 20.3 Å². The van der Waals surface area contributed by atoms with Gasteiger partial charge >= 0.3 is 0 Å². The zero-order valence-corrected chi connectivity index (χ0v) is 14.5. The molecule has 3 rings (SSSR count). The van der Waals surface area contributed by atoms with Gasteiger partial charge in [0, 0.05) is 24.1 Å². The molecule has 0 radical (unpaired) electrons. The molecule has 1 saturated heterocycles. The van der Waals surface area contributed by atoms with E-state index >= 15 is 0 Å². The summed E-state index contributed by atoms with van der Waals surface area (Å²) >= 11 is 3.65. The van der Waals surface area contributed by atoms with Gasteiger partial charge in [0.05, 0.1) is 6.42 Å². The predicted octanol–water partition coefficient (Wildman–Crippen LogP) is 4.31. The molecule has 0 aliphatic carbocycles. The Morgan fingerprint density at radius 3 is 2.91 bits per heavy atom. The van der Waals surface area contributed by atoms with E-state index in [0.29, 0.717) is 11.7 Å². The molecule has 0 saturated carbocycles. The third-order valence-electron chi connectivity index (χ3n) is 4.16. The zero-order chi connectivity index (χ0) is 15.4. The van der Waals surface area contributed by atoms with Crippen LogP contribution in [0.3, 0.4) is 0 Å². The molecule has 1 unspecified atom stereocenters. The van der Waals surface area contributed by atoms with Crippen LogP contribution in [-0.4, -0.2) is 29.6 Å². The summed E-state index contributed by atoms with van der Waals surface area (Å²) in [5, 5.41) is 4.62. The standard InChI is InChI=1S/C18H21NOS2/c1-14-4-2-3-5-16(14)17-6-8-19(9-11-22-17)18(20)12-15-7-10-21-13-15/h2-5,7,10,13,17H,6,8-9,11-12H2,1H3. The van der Waals surface area contributed by atoms with Gasteiger partial charge in [0.1, 0.15) is 0 Å². The van der Waals surface area contributed by atoms with E-state index in [0.717, 1.165) is 30.8 Å². The lowest BCUT2D eigenvalue weighted by atomic mass is 10.0. The molecule has 2 aromatic rings. The monoisotopic (exact) mass is 331 g/mol. The Balaban J connectivity index is 1.62. The van der Waals surface area contributed by atoms with Crippen LogP contribution < -0.4 is 0 Å². The summed E-state index contributed by atoms with van der Waals surface area (Å²) in [6.45, 7) is 3.92. The maximum Gasteiger partial charge on any atom is 0.227 e. The molecule has 116 valence electrons. The quantitative estimate of drug-likeness (QED) is 0.835. The van der Waals surface area contributed by atoms with Gasteiger partial charge in [-0.2, -0.15) is 23.1 Å². The molecule has 1 aliphatic rings. The number of benzene rings is 1. The van der Waals surface area contributed by atoms with Gasteiger partial charge in [-0.05, 0) is 46.9 Å². The van der Waals surface area contributed by atoms with E-state index in [-0.39, 0.29) is 5.91 Å². The molecule has 2 nitrogen and oxygen atoms in total. The number of carbonyl (C=O) groups is 1. The molecule has 1 atom stereocenters. The summed E-state index contributed by atoms with van der Waals surface area (Å²) in [7, 11) is 0. The van der Waals surface area contributed by atoms with Crippen molar-refractivity contribution in [1.82, 2.24) is 4.90 Å². The highest BCUT2D eigenvalue weighted by Gasteiger charge is 2.22. The third-order valence-corrected chi connectivity index (χ3v) is 6.21. The van der Waals surface area contributed by atoms with E-state index in [2.05, 4.69) is 36.6 Å². The second kappa shape index (κ2) is 7.34. The maximum atomic E-state index is 12.4. The fourth-order valence-electron chi connectivity index (χ4n) is 2.90. The summed E-state index contributed by atoms with van der Waals surface area (Å²) < 4.78 is 0. The van der Waals surface area contributed by atoms with Crippen molar-refractivity contribution >= 4 is 29.0 Å². The van der Waals surface area contributed by atoms with E-state index in [1.807, 2.05) is 28.1 Å². The molecule has 22 heavy (non-hydrogen) atoms. The molecular formula is C18H21NOS2. The molecule has 1 aromatic carbocycles. The lowest BCUT2D eigenvalue weighted by molar-refractivity contribution is -0.130. The summed E-state index contributed by atoms with van der Waals surface area (Å²) in [5.74, 6) is 1.29. The van der Waals surface area contributed by atoms with Gasteiger partial charge in [-0.25, -0.2) is 0 Å². The number of thiophene rings is 1. The van der Waals surface area contributed by atoms with Crippen molar-refractivity contribution in [3.8, 4) is 0 Å². The fraction of sp³-hybridized carbons (Fsp3) is 0.389. The lowest BCUT2D eigenvalue weighted by Gasteiger charge is -2.20. The first-order valence-corrected chi connectivity index (χ1v) is 9.69. The highest BCUT2D eigenvalue weighted by atomic mass is 32.2. The molecule has 1 amide bonds. The first-order chi connectivity index (χ1) is 10.7. The minimum Gasteiger partial charge on any atom is -0.342 e. The predicted molar refractivity (Wildman–Crippen MR) is 95.6 cm³/mol. The first-order valence-electron chi connectivity index (χ1n) is 7.70. The van der Waals surface area contributed by atoms with E-state index in [4.69, 9.17) is 0 Å². The van der Waals surface area contributed by atoms with Crippen molar-refractivity contribution in [2.45, 2.75) is 25.0 Å². The van der Waals surface area contributed by atoms with Gasteiger partial charge in [-0.1, -0.05) is 24.3 Å². The van der Waals surface area contributed by atoms with E-state index in [1.54, 1.807) is 11.3 Å². The van der Waals surface area contributed by atoms with E-state index < -0.39 is 0 Å². The molecule has 1 aromatic heterocycles. The highest BCUT2D eigenvalue weighted by molar-refractivity contribution is 7.99. The van der Waals surface area contributed by atoms with Crippen molar-refractivity contribution in [3.63, 3.8) is 0 Å². The second-order valence-corrected chi connectivity index (χ2v) is 7.78. The number of hydrogen-bond acceptors (Lipinski definition) is 3. The smallest absolute Gasteiger partial charge is 0.227 e. The van der Waals surface area contributed by atoms with Gasteiger partial charge < -0.3 is 4.90 Å². The highest BCUT2D eigenvalue weighted by Crippen LogP contribution is 2.35. The van der Waals surface area contributed by atoms with Gasteiger partial charge in [0.25, 0.3) is 0 Å². The number of rotatable bonds is 3. The van der Waals surface area contributed by atoms with Crippen molar-refractivity contribution in [2.24, 2.45) is 0 Å². The lowest BCUT2D eigenvalue weighted by Crippen LogP contribution is -2.34. The van der Waals surface area contributed by atoms with Crippen LogP contribution in [0.2, 0.25) is 0 Å². The van der Waals surface area contributed by atoms with Crippen LogP contribution in [0.1, 0.15) is 28.4 Å². The largest absolute Gasteiger partial charge is 0.342 e. The van der Waals surface area contributed by atoms with Crippen molar-refractivity contribution < 1.29 is 4.79 Å². The Morgan fingerprint density at radius 2 is 2.14 bits per heavy atom. The SMILES string of the molecule is Cc1ccccc1C1CCN(C(=O)Cc2ccsc2)CCS1. The number of hydrogen-bond donors (Lipinski definition) is 0. The van der Waals surface area contributed by atoms with Crippen LogP contribution in [0.15, 0.2) is 41.1 Å². The number of carbonyl (C=O) groups excluding carboxylic acids is 1. The summed E-state index contributed by atoms with van der Waals surface area (Å²) in [5.41, 5.74) is 3.93. The Bertz CT molecular complexity index is 624. The Labute approximate surface area is 140 Å². The van der Waals surface area contributed by atoms with Crippen LogP contribution in [0, 0.1) is 6.92 Å². The summed E-state index contributed by atoms with van der Waals surface area (Å²) in [4.78, 5) is 14.5. The van der Waals surface area contributed by atoms with Crippen molar-refractivity contribution in [1.29, 1.82) is 0 Å². The number of amides is 1. The summed E-state index contributed by atoms with van der Waals surface area (Å²) in [6, 6.07) is 10.7. The third kappa shape index (κ3) is 3.73. The van der Waals surface area contributed by atoms with Crippen LogP contribution >= 0.6 is 23.1 Å². The molecule has 1 fully saturated rings. The van der Waals surface area contributed by atoms with Crippen molar-refractivity contribution in [3.05, 3.63) is 57.8 Å². The Kier molecular flexibility index (Phi) is 5.21. The fourth-order valence-corrected chi connectivity index (χ4v) is 4.89. The van der Waals surface area contributed by atoms with Gasteiger partial charge in [-0.3, -0.25) is 4.79 Å². The molecule has 0 bridgehead atoms. The number of aryl methyl sites for hydroxylation is 1. The first kappa shape index (κ1) is 15.6. The minimum atomic E-state index is 0.268. The minimum absolute atomic E-state index is 0.268. The molecule has 2 heterocycles. The van der Waals surface area contributed by atoms with Gasteiger partial charge in [0.15, 0.2) is 0 Å². The molecule has 0 spiro atoms. The summed E-state index contributed by atoms with van der Waals surface area (Å²) in [6.07, 6.45) is 1.59. The number of nitrogens with zero attached hydrogens (tertiary/aromatic N) is 1. The van der Waals surface area contributed by atoms with Gasteiger partial charge in [0.2, 0.25) is 5.91 Å². The van der Waals surface area contributed by atoms with Crippen LogP contribution in [0.5, 0.6) is 0 Å². The average Bonchev–Trinajstić information content (AvgIpc) is 2.90. The Morgan fingerprint density at radius 1 is 1.27 bits per heavy atom. The molecule has 1 aliphatic heterocycles. The zero-order valence-electron chi connectivity index (χ0n) is 12.8. The van der Waals surface area contributed by atoms with Gasteiger partial charge in [-0.15, -0.1) is 0 Å². The van der Waals surface area contributed by atoms with Crippen LogP contribution in [0.25, 0.3) is 0 Å². The molecular weight excluding hydrogens is 310 g/mol.